The molecule has 0 bridgehead atoms. The number of aryl methyl sites for hydroxylation is 1. The van der Waals surface area contributed by atoms with E-state index in [1.54, 1.807) is 24.4 Å². The van der Waals surface area contributed by atoms with E-state index in [0.717, 1.165) is 23.3 Å². The molecule has 33 heavy (non-hydrogen) atoms. The number of fused-ring (bicyclic) bond motifs is 1. The van der Waals surface area contributed by atoms with Crippen molar-refractivity contribution in [1.29, 1.82) is 0 Å². The SMILES string of the molecule is Cc1nccn1-c1ccc(CNC(=O)CCCN(c2ccc3c(c2)OCO3)S(C)(=O)=O)cc1. The lowest BCUT2D eigenvalue weighted by atomic mass is 10.2. The van der Waals surface area contributed by atoms with Crippen LogP contribution in [-0.4, -0.2) is 43.5 Å². The molecular weight excluding hydrogens is 444 g/mol. The van der Waals surface area contributed by atoms with Crippen LogP contribution in [0.25, 0.3) is 5.69 Å². The number of anilines is 1. The molecule has 0 saturated heterocycles. The molecule has 0 radical (unpaired) electrons. The first-order valence-corrected chi connectivity index (χ1v) is 12.4. The summed E-state index contributed by atoms with van der Waals surface area (Å²) in [6.45, 7) is 2.64. The predicted molar refractivity (Wildman–Crippen MR) is 124 cm³/mol. The molecule has 0 aliphatic carbocycles. The number of carbonyl (C=O) groups excluding carboxylic acids is 1. The summed E-state index contributed by atoms with van der Waals surface area (Å²) in [7, 11) is -3.52. The number of carbonyl (C=O) groups is 1. The van der Waals surface area contributed by atoms with Gasteiger partial charge >= 0.3 is 0 Å². The van der Waals surface area contributed by atoms with E-state index in [1.165, 1.54) is 4.31 Å². The Morgan fingerprint density at radius 1 is 1.15 bits per heavy atom. The van der Waals surface area contributed by atoms with Gasteiger partial charge in [0.2, 0.25) is 22.7 Å². The minimum atomic E-state index is -3.52. The van der Waals surface area contributed by atoms with Crippen molar-refractivity contribution in [1.82, 2.24) is 14.9 Å². The summed E-state index contributed by atoms with van der Waals surface area (Å²) in [6.07, 6.45) is 5.39. The topological polar surface area (TPSA) is 103 Å². The zero-order chi connectivity index (χ0) is 23.4. The second-order valence-electron chi connectivity index (χ2n) is 7.76. The fraction of sp³-hybridized carbons (Fsp3) is 0.304. The molecule has 174 valence electrons. The Hall–Kier alpha value is -3.53. The number of ether oxygens (including phenoxy) is 2. The van der Waals surface area contributed by atoms with Crippen molar-refractivity contribution < 1.29 is 22.7 Å². The highest BCUT2D eigenvalue weighted by Crippen LogP contribution is 2.36. The first-order valence-electron chi connectivity index (χ1n) is 10.5. The second kappa shape index (κ2) is 9.53. The summed E-state index contributed by atoms with van der Waals surface area (Å²) >= 11 is 0. The summed E-state index contributed by atoms with van der Waals surface area (Å²) in [5.74, 6) is 1.86. The number of rotatable bonds is 9. The van der Waals surface area contributed by atoms with Crippen LogP contribution in [0.5, 0.6) is 11.5 Å². The zero-order valence-electron chi connectivity index (χ0n) is 18.5. The molecule has 2 aromatic carbocycles. The van der Waals surface area contributed by atoms with Crippen LogP contribution in [0.4, 0.5) is 5.69 Å². The van der Waals surface area contributed by atoms with Crippen molar-refractivity contribution in [3.8, 4) is 17.2 Å². The molecule has 1 amide bonds. The largest absolute Gasteiger partial charge is 0.454 e. The summed E-state index contributed by atoms with van der Waals surface area (Å²) in [5.41, 5.74) is 2.46. The molecule has 1 aliphatic heterocycles. The second-order valence-corrected chi connectivity index (χ2v) is 9.67. The van der Waals surface area contributed by atoms with E-state index in [-0.39, 0.29) is 25.7 Å². The monoisotopic (exact) mass is 470 g/mol. The van der Waals surface area contributed by atoms with Crippen molar-refractivity contribution >= 4 is 21.6 Å². The highest BCUT2D eigenvalue weighted by molar-refractivity contribution is 7.92. The molecule has 3 aromatic rings. The highest BCUT2D eigenvalue weighted by Gasteiger charge is 2.21. The molecule has 1 aromatic heterocycles. The van der Waals surface area contributed by atoms with Crippen LogP contribution in [0, 0.1) is 6.92 Å². The van der Waals surface area contributed by atoms with Gasteiger partial charge in [0.1, 0.15) is 5.82 Å². The van der Waals surface area contributed by atoms with Gasteiger partial charge in [-0.25, -0.2) is 13.4 Å². The molecule has 0 fully saturated rings. The Kier molecular flexibility index (Phi) is 6.55. The van der Waals surface area contributed by atoms with Crippen LogP contribution in [-0.2, 0) is 21.4 Å². The molecule has 2 heterocycles. The number of sulfonamides is 1. The van der Waals surface area contributed by atoms with Gasteiger partial charge in [-0.05, 0) is 43.2 Å². The number of nitrogens with one attached hydrogen (secondary N) is 1. The number of hydrogen-bond donors (Lipinski definition) is 1. The number of imidazole rings is 1. The van der Waals surface area contributed by atoms with Gasteiger partial charge in [-0.1, -0.05) is 12.1 Å². The summed E-state index contributed by atoms with van der Waals surface area (Å²) in [5, 5.41) is 2.89. The number of amides is 1. The third-order valence-electron chi connectivity index (χ3n) is 5.34. The smallest absolute Gasteiger partial charge is 0.232 e. The molecule has 0 spiro atoms. The maximum absolute atomic E-state index is 12.3. The Morgan fingerprint density at radius 2 is 1.91 bits per heavy atom. The van der Waals surface area contributed by atoms with Gasteiger partial charge in [0.05, 0.1) is 11.9 Å². The highest BCUT2D eigenvalue weighted by atomic mass is 32.2. The third-order valence-corrected chi connectivity index (χ3v) is 6.53. The Bertz CT molecular complexity index is 1240. The molecule has 0 saturated carbocycles. The Labute approximate surface area is 193 Å². The van der Waals surface area contributed by atoms with E-state index in [2.05, 4.69) is 10.3 Å². The van der Waals surface area contributed by atoms with Gasteiger partial charge in [-0.15, -0.1) is 0 Å². The van der Waals surface area contributed by atoms with Gasteiger partial charge in [-0.3, -0.25) is 9.10 Å². The van der Waals surface area contributed by atoms with Crippen LogP contribution in [0.2, 0.25) is 0 Å². The van der Waals surface area contributed by atoms with Crippen LogP contribution in [0.1, 0.15) is 24.2 Å². The van der Waals surface area contributed by atoms with E-state index in [4.69, 9.17) is 9.47 Å². The molecule has 1 N–H and O–H groups in total. The van der Waals surface area contributed by atoms with Crippen molar-refractivity contribution in [2.75, 3.05) is 23.9 Å². The predicted octanol–water partition coefficient (Wildman–Crippen LogP) is 2.77. The van der Waals surface area contributed by atoms with Gasteiger partial charge in [0.25, 0.3) is 0 Å². The van der Waals surface area contributed by atoms with E-state index < -0.39 is 10.0 Å². The van der Waals surface area contributed by atoms with Crippen molar-refractivity contribution in [3.05, 3.63) is 66.2 Å². The maximum Gasteiger partial charge on any atom is 0.232 e. The lowest BCUT2D eigenvalue weighted by molar-refractivity contribution is -0.121. The lowest BCUT2D eigenvalue weighted by Crippen LogP contribution is -2.32. The van der Waals surface area contributed by atoms with E-state index in [1.807, 2.05) is 42.0 Å². The molecule has 0 atom stereocenters. The standard InChI is InChI=1S/C23H26N4O5S/c1-17-24-11-13-26(17)19-7-5-18(6-8-19)15-25-23(28)4-3-12-27(33(2,29)30)20-9-10-21-22(14-20)32-16-31-21/h5-11,13-14H,3-4,12,15-16H2,1-2H3,(H,25,28). The molecule has 1 aliphatic rings. The van der Waals surface area contributed by atoms with Gasteiger partial charge in [-0.2, -0.15) is 0 Å². The van der Waals surface area contributed by atoms with Crippen LogP contribution >= 0.6 is 0 Å². The zero-order valence-corrected chi connectivity index (χ0v) is 19.3. The minimum absolute atomic E-state index is 0.115. The average molecular weight is 471 g/mol. The average Bonchev–Trinajstić information content (AvgIpc) is 3.43. The fourth-order valence-electron chi connectivity index (χ4n) is 3.62. The van der Waals surface area contributed by atoms with Gasteiger partial charge in [0.15, 0.2) is 11.5 Å². The number of hydrogen-bond acceptors (Lipinski definition) is 6. The normalized spacial score (nSPS) is 12.5. The Balaban J connectivity index is 1.28. The molecule has 0 unspecified atom stereocenters. The van der Waals surface area contributed by atoms with E-state index >= 15 is 0 Å². The minimum Gasteiger partial charge on any atom is -0.454 e. The van der Waals surface area contributed by atoms with E-state index in [9.17, 15) is 13.2 Å². The van der Waals surface area contributed by atoms with Crippen molar-refractivity contribution in [3.63, 3.8) is 0 Å². The first kappa shape index (κ1) is 22.7. The molecular formula is C23H26N4O5S. The molecule has 9 nitrogen and oxygen atoms in total. The fourth-order valence-corrected chi connectivity index (χ4v) is 4.58. The maximum atomic E-state index is 12.3. The number of benzene rings is 2. The van der Waals surface area contributed by atoms with Crippen molar-refractivity contribution in [2.45, 2.75) is 26.3 Å². The van der Waals surface area contributed by atoms with Crippen LogP contribution < -0.4 is 19.1 Å². The Morgan fingerprint density at radius 3 is 2.61 bits per heavy atom. The lowest BCUT2D eigenvalue weighted by Gasteiger charge is -2.22. The van der Waals surface area contributed by atoms with Crippen molar-refractivity contribution in [2.24, 2.45) is 0 Å². The van der Waals surface area contributed by atoms with Crippen LogP contribution in [0.3, 0.4) is 0 Å². The van der Waals surface area contributed by atoms with Gasteiger partial charge in [0, 0.05) is 43.7 Å². The van der Waals surface area contributed by atoms with E-state index in [0.29, 0.717) is 30.2 Å². The van der Waals surface area contributed by atoms with Crippen LogP contribution in [0.15, 0.2) is 54.9 Å². The van der Waals surface area contributed by atoms with Gasteiger partial charge < -0.3 is 19.4 Å². The molecule has 4 rings (SSSR count). The summed E-state index contributed by atoms with van der Waals surface area (Å²) in [4.78, 5) is 16.5. The summed E-state index contributed by atoms with van der Waals surface area (Å²) < 4.78 is 38.5. The summed E-state index contributed by atoms with van der Waals surface area (Å²) in [6, 6.07) is 12.9. The number of aromatic nitrogens is 2. The first-order chi connectivity index (χ1) is 15.8. The molecule has 10 heteroatoms. The third kappa shape index (κ3) is 5.46. The number of nitrogens with zero attached hydrogens (tertiary/aromatic N) is 3. The quantitative estimate of drug-likeness (QED) is 0.516.